The van der Waals surface area contributed by atoms with Gasteiger partial charge in [0.1, 0.15) is 28.5 Å². The molecule has 6 nitrogen and oxygen atoms in total. The molecule has 0 saturated carbocycles. The van der Waals surface area contributed by atoms with E-state index in [2.05, 4.69) is 20.3 Å². The Hall–Kier alpha value is -3.06. The van der Waals surface area contributed by atoms with Crippen LogP contribution < -0.4 is 0 Å². The van der Waals surface area contributed by atoms with Crippen molar-refractivity contribution in [1.29, 1.82) is 0 Å². The summed E-state index contributed by atoms with van der Waals surface area (Å²) in [5.41, 5.74) is 1.27. The Bertz CT molecular complexity index is 1030. The first-order valence-corrected chi connectivity index (χ1v) is 7.69. The third kappa shape index (κ3) is 2.68. The summed E-state index contributed by atoms with van der Waals surface area (Å²) in [6.07, 6.45) is 1.63. The largest absolute Gasteiger partial charge is 0.360 e. The topological polar surface area (TPSA) is 77.8 Å². The van der Waals surface area contributed by atoms with Gasteiger partial charge in [-0.05, 0) is 31.2 Å². The summed E-state index contributed by atoms with van der Waals surface area (Å²) >= 11 is 6.14. The SMILES string of the molecule is Cc1onc(-c2c(F)cccc2Cl)c1-c1nc(-c2ccccn2)no1. The molecular formula is C17H10ClFN4O2. The van der Waals surface area contributed by atoms with Gasteiger partial charge in [0, 0.05) is 6.20 Å². The first kappa shape index (κ1) is 15.5. The summed E-state index contributed by atoms with van der Waals surface area (Å²) in [5, 5.41) is 8.05. The van der Waals surface area contributed by atoms with E-state index in [9.17, 15) is 4.39 Å². The third-order valence-electron chi connectivity index (χ3n) is 3.60. The zero-order valence-electron chi connectivity index (χ0n) is 12.9. The third-order valence-corrected chi connectivity index (χ3v) is 3.91. The molecule has 0 aliphatic rings. The second-order valence-electron chi connectivity index (χ2n) is 5.20. The van der Waals surface area contributed by atoms with Crippen molar-refractivity contribution in [3.63, 3.8) is 0 Å². The minimum Gasteiger partial charge on any atom is -0.360 e. The summed E-state index contributed by atoms with van der Waals surface area (Å²) in [5.74, 6) is 0.340. The van der Waals surface area contributed by atoms with Crippen LogP contribution in [0.15, 0.2) is 51.6 Å². The lowest BCUT2D eigenvalue weighted by molar-refractivity contribution is 0.397. The number of halogens is 2. The zero-order chi connectivity index (χ0) is 17.4. The van der Waals surface area contributed by atoms with E-state index in [1.54, 1.807) is 31.3 Å². The lowest BCUT2D eigenvalue weighted by Crippen LogP contribution is -1.90. The lowest BCUT2D eigenvalue weighted by Gasteiger charge is -2.03. The number of aryl methyl sites for hydroxylation is 1. The van der Waals surface area contributed by atoms with Crippen molar-refractivity contribution in [1.82, 2.24) is 20.3 Å². The normalized spacial score (nSPS) is 11.0. The predicted molar refractivity (Wildman–Crippen MR) is 88.2 cm³/mol. The van der Waals surface area contributed by atoms with Gasteiger partial charge in [-0.25, -0.2) is 4.39 Å². The van der Waals surface area contributed by atoms with E-state index in [1.807, 2.05) is 6.07 Å². The summed E-state index contributed by atoms with van der Waals surface area (Å²) in [4.78, 5) is 8.49. The van der Waals surface area contributed by atoms with Crippen molar-refractivity contribution >= 4 is 11.6 Å². The summed E-state index contributed by atoms with van der Waals surface area (Å²) in [6, 6.07) is 9.73. The van der Waals surface area contributed by atoms with E-state index in [0.29, 0.717) is 22.8 Å². The molecule has 3 heterocycles. The van der Waals surface area contributed by atoms with E-state index in [4.69, 9.17) is 20.6 Å². The number of hydrogen-bond donors (Lipinski definition) is 0. The maximum atomic E-state index is 14.3. The van der Waals surface area contributed by atoms with Gasteiger partial charge in [0.05, 0.1) is 10.6 Å². The highest BCUT2D eigenvalue weighted by Gasteiger charge is 2.26. The van der Waals surface area contributed by atoms with Gasteiger partial charge in [-0.3, -0.25) is 4.98 Å². The Morgan fingerprint density at radius 3 is 2.64 bits per heavy atom. The van der Waals surface area contributed by atoms with Crippen molar-refractivity contribution in [3.05, 3.63) is 59.2 Å². The fourth-order valence-electron chi connectivity index (χ4n) is 2.44. The van der Waals surface area contributed by atoms with Crippen LogP contribution >= 0.6 is 11.6 Å². The Kier molecular flexibility index (Phi) is 3.77. The number of pyridine rings is 1. The van der Waals surface area contributed by atoms with Gasteiger partial charge in [-0.1, -0.05) is 34.0 Å². The van der Waals surface area contributed by atoms with Crippen LogP contribution in [0.2, 0.25) is 5.02 Å². The molecule has 0 unspecified atom stereocenters. The van der Waals surface area contributed by atoms with E-state index in [0.717, 1.165) is 0 Å². The van der Waals surface area contributed by atoms with E-state index < -0.39 is 5.82 Å². The maximum absolute atomic E-state index is 14.3. The van der Waals surface area contributed by atoms with E-state index in [1.165, 1.54) is 12.1 Å². The van der Waals surface area contributed by atoms with Gasteiger partial charge in [-0.15, -0.1) is 0 Å². The van der Waals surface area contributed by atoms with Gasteiger partial charge in [-0.2, -0.15) is 4.98 Å². The molecule has 0 N–H and O–H groups in total. The lowest BCUT2D eigenvalue weighted by atomic mass is 10.1. The fraction of sp³-hybridized carbons (Fsp3) is 0.0588. The Morgan fingerprint density at radius 1 is 1.00 bits per heavy atom. The molecule has 0 aliphatic carbocycles. The van der Waals surface area contributed by atoms with Crippen LogP contribution in [0, 0.1) is 12.7 Å². The van der Waals surface area contributed by atoms with Crippen LogP contribution in [0.1, 0.15) is 5.76 Å². The average molecular weight is 357 g/mol. The highest BCUT2D eigenvalue weighted by molar-refractivity contribution is 6.33. The quantitative estimate of drug-likeness (QED) is 0.535. The average Bonchev–Trinajstić information content (AvgIpc) is 3.23. The summed E-state index contributed by atoms with van der Waals surface area (Å²) in [7, 11) is 0. The predicted octanol–water partition coefficient (Wildman–Crippen LogP) is 4.55. The van der Waals surface area contributed by atoms with Gasteiger partial charge in [0.2, 0.25) is 5.82 Å². The molecule has 8 heteroatoms. The molecule has 4 rings (SSSR count). The molecule has 4 aromatic rings. The van der Waals surface area contributed by atoms with Gasteiger partial charge >= 0.3 is 0 Å². The molecule has 0 bridgehead atoms. The molecule has 3 aromatic heterocycles. The van der Waals surface area contributed by atoms with Crippen LogP contribution in [0.3, 0.4) is 0 Å². The molecule has 124 valence electrons. The summed E-state index contributed by atoms with van der Waals surface area (Å²) in [6.45, 7) is 1.67. The standard InChI is InChI=1S/C17H10ClFN4O2/c1-9-13(15(22-24-9)14-10(18)5-4-6-11(14)19)17-21-16(23-25-17)12-7-2-3-8-20-12/h2-8H,1H3. The number of benzene rings is 1. The number of nitrogens with zero attached hydrogens (tertiary/aromatic N) is 4. The molecule has 0 aliphatic heterocycles. The minimum atomic E-state index is -0.522. The maximum Gasteiger partial charge on any atom is 0.264 e. The van der Waals surface area contributed by atoms with Gasteiger partial charge in [0.15, 0.2) is 0 Å². The first-order valence-electron chi connectivity index (χ1n) is 7.31. The number of hydrogen-bond acceptors (Lipinski definition) is 6. The fourth-order valence-corrected chi connectivity index (χ4v) is 2.70. The van der Waals surface area contributed by atoms with Crippen LogP contribution in [0.5, 0.6) is 0 Å². The zero-order valence-corrected chi connectivity index (χ0v) is 13.7. The second-order valence-corrected chi connectivity index (χ2v) is 5.60. The van der Waals surface area contributed by atoms with E-state index >= 15 is 0 Å². The van der Waals surface area contributed by atoms with Crippen LogP contribution in [-0.2, 0) is 0 Å². The Balaban J connectivity index is 1.86. The van der Waals surface area contributed by atoms with Crippen molar-refractivity contribution in [3.8, 4) is 34.2 Å². The highest BCUT2D eigenvalue weighted by Crippen LogP contribution is 2.38. The van der Waals surface area contributed by atoms with Crippen molar-refractivity contribution in [2.75, 3.05) is 0 Å². The Labute approximate surface area is 146 Å². The first-order chi connectivity index (χ1) is 12.1. The molecule has 0 radical (unpaired) electrons. The second kappa shape index (κ2) is 6.10. The Morgan fingerprint density at radius 2 is 1.88 bits per heavy atom. The molecule has 0 spiro atoms. The number of aromatic nitrogens is 4. The van der Waals surface area contributed by atoms with Crippen molar-refractivity contribution in [2.45, 2.75) is 6.92 Å². The monoisotopic (exact) mass is 356 g/mol. The van der Waals surface area contributed by atoms with Crippen LogP contribution in [0.25, 0.3) is 34.2 Å². The van der Waals surface area contributed by atoms with Crippen LogP contribution in [0.4, 0.5) is 4.39 Å². The smallest absolute Gasteiger partial charge is 0.264 e. The van der Waals surface area contributed by atoms with Crippen molar-refractivity contribution < 1.29 is 13.4 Å². The molecular weight excluding hydrogens is 347 g/mol. The molecule has 1 aromatic carbocycles. The molecule has 0 atom stereocenters. The minimum absolute atomic E-state index is 0.119. The molecule has 0 saturated heterocycles. The number of rotatable bonds is 3. The van der Waals surface area contributed by atoms with Crippen LogP contribution in [-0.4, -0.2) is 20.3 Å². The summed E-state index contributed by atoms with van der Waals surface area (Å²) < 4.78 is 24.8. The van der Waals surface area contributed by atoms with E-state index in [-0.39, 0.29) is 22.2 Å². The molecule has 25 heavy (non-hydrogen) atoms. The molecule has 0 fully saturated rings. The van der Waals surface area contributed by atoms with Gasteiger partial charge < -0.3 is 9.05 Å². The molecule has 0 amide bonds. The van der Waals surface area contributed by atoms with Gasteiger partial charge in [0.25, 0.3) is 5.89 Å². The van der Waals surface area contributed by atoms with Crippen molar-refractivity contribution in [2.24, 2.45) is 0 Å². The highest BCUT2D eigenvalue weighted by atomic mass is 35.5.